The number of methoxy groups -OCH3 is 1. The molecule has 2 N–H and O–H groups in total. The lowest BCUT2D eigenvalue weighted by atomic mass is 10.2. The summed E-state index contributed by atoms with van der Waals surface area (Å²) in [6, 6.07) is 6.82. The Morgan fingerprint density at radius 3 is 2.44 bits per heavy atom. The lowest BCUT2D eigenvalue weighted by molar-refractivity contribution is -0.131. The number of carboxylic acid groups (broad SMARTS) is 1. The molecule has 0 bridgehead atoms. The molecule has 0 aliphatic carbocycles. The zero-order valence-corrected chi connectivity index (χ0v) is 10.2. The largest absolute Gasteiger partial charge is 0.478 e. The predicted molar refractivity (Wildman–Crippen MR) is 68.2 cm³/mol. The smallest absolute Gasteiger partial charge is 0.328 e. The van der Waals surface area contributed by atoms with Crippen molar-refractivity contribution in [1.29, 1.82) is 0 Å². The van der Waals surface area contributed by atoms with Crippen LogP contribution >= 0.6 is 0 Å². The highest BCUT2D eigenvalue weighted by Gasteiger charge is 2.10. The van der Waals surface area contributed by atoms with Gasteiger partial charge in [0.2, 0.25) is 0 Å². The molecular weight excluding hydrogens is 234 g/mol. The van der Waals surface area contributed by atoms with Crippen molar-refractivity contribution in [3.05, 3.63) is 35.9 Å². The van der Waals surface area contributed by atoms with Gasteiger partial charge >= 0.3 is 5.97 Å². The summed E-state index contributed by atoms with van der Waals surface area (Å²) < 4.78 is 4.88. The van der Waals surface area contributed by atoms with Crippen LogP contribution in [0.3, 0.4) is 0 Å². The van der Waals surface area contributed by atoms with Crippen molar-refractivity contribution < 1.29 is 19.4 Å². The molecule has 0 aromatic heterocycles. The lowest BCUT2D eigenvalue weighted by Crippen LogP contribution is -2.26. The number of hydrogen-bond acceptors (Lipinski definition) is 3. The number of carboxylic acids is 1. The summed E-state index contributed by atoms with van der Waals surface area (Å²) in [6.45, 7) is 1.65. The average molecular weight is 249 g/mol. The highest BCUT2D eigenvalue weighted by molar-refractivity contribution is 5.94. The summed E-state index contributed by atoms with van der Waals surface area (Å²) in [7, 11) is 1.46. The Hall–Kier alpha value is -2.14. The van der Waals surface area contributed by atoms with Crippen molar-refractivity contribution in [2.45, 2.75) is 13.0 Å². The molecule has 1 amide bonds. The van der Waals surface area contributed by atoms with E-state index < -0.39 is 12.1 Å². The molecule has 0 spiro atoms. The first-order chi connectivity index (χ1) is 8.52. The number of ether oxygens (including phenoxy) is 1. The van der Waals surface area contributed by atoms with Gasteiger partial charge in [-0.1, -0.05) is 12.1 Å². The van der Waals surface area contributed by atoms with Crippen LogP contribution in [0.2, 0.25) is 0 Å². The van der Waals surface area contributed by atoms with Gasteiger partial charge in [-0.2, -0.15) is 0 Å². The third-order valence-corrected chi connectivity index (χ3v) is 2.32. The average Bonchev–Trinajstić information content (AvgIpc) is 2.36. The van der Waals surface area contributed by atoms with Crippen molar-refractivity contribution >= 4 is 23.6 Å². The summed E-state index contributed by atoms with van der Waals surface area (Å²) in [5.74, 6) is -1.23. The second kappa shape index (κ2) is 6.56. The SMILES string of the molecule is COC(C)C(=O)Nc1ccc(C=CC(=O)O)cc1. The van der Waals surface area contributed by atoms with Gasteiger partial charge in [-0.15, -0.1) is 0 Å². The van der Waals surface area contributed by atoms with Crippen molar-refractivity contribution in [3.8, 4) is 0 Å². The number of rotatable bonds is 5. The first kappa shape index (κ1) is 13.9. The molecule has 5 nitrogen and oxygen atoms in total. The fourth-order valence-electron chi connectivity index (χ4n) is 1.20. The Morgan fingerprint density at radius 1 is 1.33 bits per heavy atom. The van der Waals surface area contributed by atoms with E-state index in [2.05, 4.69) is 5.32 Å². The normalized spacial score (nSPS) is 12.3. The molecule has 0 aliphatic heterocycles. The third kappa shape index (κ3) is 4.39. The third-order valence-electron chi connectivity index (χ3n) is 2.32. The van der Waals surface area contributed by atoms with Gasteiger partial charge in [-0.25, -0.2) is 4.79 Å². The minimum absolute atomic E-state index is 0.230. The molecule has 0 saturated heterocycles. The van der Waals surface area contributed by atoms with E-state index in [1.54, 1.807) is 31.2 Å². The first-order valence-electron chi connectivity index (χ1n) is 5.37. The van der Waals surface area contributed by atoms with Gasteiger partial charge in [0.25, 0.3) is 5.91 Å². The quantitative estimate of drug-likeness (QED) is 0.780. The van der Waals surface area contributed by atoms with Crippen LogP contribution in [0.15, 0.2) is 30.3 Å². The second-order valence-electron chi connectivity index (χ2n) is 3.66. The van der Waals surface area contributed by atoms with E-state index in [1.165, 1.54) is 13.2 Å². The van der Waals surface area contributed by atoms with Crippen LogP contribution in [0.1, 0.15) is 12.5 Å². The Morgan fingerprint density at radius 2 is 1.94 bits per heavy atom. The van der Waals surface area contributed by atoms with Crippen LogP contribution in [0.25, 0.3) is 6.08 Å². The van der Waals surface area contributed by atoms with Crippen LogP contribution in [0.4, 0.5) is 5.69 Å². The zero-order valence-electron chi connectivity index (χ0n) is 10.2. The maximum atomic E-state index is 11.5. The number of anilines is 1. The van der Waals surface area contributed by atoms with Crippen molar-refractivity contribution in [2.24, 2.45) is 0 Å². The minimum atomic E-state index is -0.999. The van der Waals surface area contributed by atoms with Gasteiger partial charge in [0.05, 0.1) is 0 Å². The zero-order chi connectivity index (χ0) is 13.5. The maximum Gasteiger partial charge on any atom is 0.328 e. The number of carbonyl (C=O) groups is 2. The molecule has 0 heterocycles. The summed E-state index contributed by atoms with van der Waals surface area (Å²) in [5, 5.41) is 11.2. The molecule has 1 unspecified atom stereocenters. The van der Waals surface area contributed by atoms with E-state index in [4.69, 9.17) is 9.84 Å². The molecule has 18 heavy (non-hydrogen) atoms. The van der Waals surface area contributed by atoms with E-state index in [0.717, 1.165) is 11.6 Å². The van der Waals surface area contributed by atoms with Gasteiger partial charge in [0.15, 0.2) is 0 Å². The number of aliphatic carboxylic acids is 1. The second-order valence-corrected chi connectivity index (χ2v) is 3.66. The fourth-order valence-corrected chi connectivity index (χ4v) is 1.20. The van der Waals surface area contributed by atoms with Crippen LogP contribution in [0, 0.1) is 0 Å². The summed E-state index contributed by atoms with van der Waals surface area (Å²) in [5.41, 5.74) is 1.38. The molecular formula is C13H15NO4. The van der Waals surface area contributed by atoms with Gasteiger partial charge in [-0.05, 0) is 30.7 Å². The fraction of sp³-hybridized carbons (Fsp3) is 0.231. The van der Waals surface area contributed by atoms with E-state index in [9.17, 15) is 9.59 Å². The number of amides is 1. The van der Waals surface area contributed by atoms with E-state index in [0.29, 0.717) is 5.69 Å². The number of hydrogen-bond donors (Lipinski definition) is 2. The van der Waals surface area contributed by atoms with Crippen LogP contribution in [-0.4, -0.2) is 30.2 Å². The first-order valence-corrected chi connectivity index (χ1v) is 5.37. The molecule has 0 aliphatic rings. The molecule has 1 atom stereocenters. The number of nitrogens with one attached hydrogen (secondary N) is 1. The molecule has 0 fully saturated rings. The standard InChI is InChI=1S/C13H15NO4/c1-9(18-2)13(17)14-11-6-3-10(4-7-11)5-8-12(15)16/h3-9H,1-2H3,(H,14,17)(H,15,16). The Kier molecular flexibility index (Phi) is 5.07. The molecule has 1 rings (SSSR count). The van der Waals surface area contributed by atoms with Crippen molar-refractivity contribution in [2.75, 3.05) is 12.4 Å². The van der Waals surface area contributed by atoms with E-state index in [1.807, 2.05) is 0 Å². The number of carbonyl (C=O) groups excluding carboxylic acids is 1. The Labute approximate surface area is 105 Å². The van der Waals surface area contributed by atoms with Gasteiger partial charge in [0, 0.05) is 18.9 Å². The van der Waals surface area contributed by atoms with Crippen molar-refractivity contribution in [3.63, 3.8) is 0 Å². The Bertz CT molecular complexity index is 451. The summed E-state index contributed by atoms with van der Waals surface area (Å²) >= 11 is 0. The molecule has 0 saturated carbocycles. The van der Waals surface area contributed by atoms with Crippen LogP contribution < -0.4 is 5.32 Å². The van der Waals surface area contributed by atoms with Crippen LogP contribution in [-0.2, 0) is 14.3 Å². The molecule has 1 aromatic carbocycles. The van der Waals surface area contributed by atoms with E-state index in [-0.39, 0.29) is 5.91 Å². The lowest BCUT2D eigenvalue weighted by Gasteiger charge is -2.10. The maximum absolute atomic E-state index is 11.5. The monoisotopic (exact) mass is 249 g/mol. The Balaban J connectivity index is 2.66. The predicted octanol–water partition coefficient (Wildman–Crippen LogP) is 1.76. The topological polar surface area (TPSA) is 75.6 Å². The number of benzene rings is 1. The van der Waals surface area contributed by atoms with Gasteiger partial charge in [-0.3, -0.25) is 4.79 Å². The highest BCUT2D eigenvalue weighted by atomic mass is 16.5. The van der Waals surface area contributed by atoms with E-state index >= 15 is 0 Å². The highest BCUT2D eigenvalue weighted by Crippen LogP contribution is 2.11. The van der Waals surface area contributed by atoms with Crippen molar-refractivity contribution in [1.82, 2.24) is 0 Å². The summed E-state index contributed by atoms with van der Waals surface area (Å²) in [4.78, 5) is 21.9. The summed E-state index contributed by atoms with van der Waals surface area (Å²) in [6.07, 6.45) is 2.02. The molecule has 1 aromatic rings. The minimum Gasteiger partial charge on any atom is -0.478 e. The molecule has 5 heteroatoms. The van der Waals surface area contributed by atoms with Gasteiger partial charge in [0.1, 0.15) is 6.10 Å². The molecule has 0 radical (unpaired) electrons. The molecule has 96 valence electrons. The van der Waals surface area contributed by atoms with Crippen LogP contribution in [0.5, 0.6) is 0 Å². The van der Waals surface area contributed by atoms with Gasteiger partial charge < -0.3 is 15.2 Å².